The van der Waals surface area contributed by atoms with Gasteiger partial charge in [-0.3, -0.25) is 9.52 Å². The highest BCUT2D eigenvalue weighted by Crippen LogP contribution is 2.37. The van der Waals surface area contributed by atoms with Crippen molar-refractivity contribution in [1.82, 2.24) is 0 Å². The average Bonchev–Trinajstić information content (AvgIpc) is 2.32. The number of sulfonamides is 1. The molecule has 1 amide bonds. The molecule has 3 N–H and O–H groups in total. The molecule has 0 saturated heterocycles. The fourth-order valence-electron chi connectivity index (χ4n) is 1.98. The number of rotatable bonds is 7. The van der Waals surface area contributed by atoms with E-state index in [2.05, 4.69) is 4.72 Å². The van der Waals surface area contributed by atoms with Crippen molar-refractivity contribution in [2.24, 2.45) is 5.73 Å². The first kappa shape index (κ1) is 18.3. The maximum atomic E-state index is 11.5. The zero-order valence-corrected chi connectivity index (χ0v) is 14.3. The molecule has 0 unspecified atom stereocenters. The van der Waals surface area contributed by atoms with Crippen LogP contribution in [0.2, 0.25) is 0 Å². The van der Waals surface area contributed by atoms with Gasteiger partial charge in [-0.25, -0.2) is 8.42 Å². The third-order valence-electron chi connectivity index (χ3n) is 2.93. The summed E-state index contributed by atoms with van der Waals surface area (Å²) in [7, 11) is -3.41. The predicted octanol–water partition coefficient (Wildman–Crippen LogP) is 2.00. The maximum absolute atomic E-state index is 11.5. The summed E-state index contributed by atoms with van der Waals surface area (Å²) in [6.45, 7) is 6.34. The van der Waals surface area contributed by atoms with Gasteiger partial charge in [-0.05, 0) is 17.9 Å². The Morgan fingerprint density at radius 3 is 2.45 bits per heavy atom. The van der Waals surface area contributed by atoms with E-state index in [1.54, 1.807) is 12.1 Å². The van der Waals surface area contributed by atoms with E-state index in [1.807, 2.05) is 26.8 Å². The van der Waals surface area contributed by atoms with Gasteiger partial charge < -0.3 is 10.5 Å². The highest BCUT2D eigenvalue weighted by atomic mass is 32.2. The summed E-state index contributed by atoms with van der Waals surface area (Å²) >= 11 is 0. The molecule has 0 spiro atoms. The Morgan fingerprint density at radius 1 is 1.32 bits per heavy atom. The van der Waals surface area contributed by atoms with Crippen LogP contribution in [0.1, 0.15) is 39.2 Å². The minimum atomic E-state index is -3.41. The van der Waals surface area contributed by atoms with Crippen LogP contribution in [-0.4, -0.2) is 27.2 Å². The van der Waals surface area contributed by atoms with Crippen molar-refractivity contribution in [3.8, 4) is 5.75 Å². The largest absolute Gasteiger partial charge is 0.491 e. The van der Waals surface area contributed by atoms with Gasteiger partial charge in [0.1, 0.15) is 5.75 Å². The molecule has 1 rings (SSSR count). The second kappa shape index (κ2) is 7.00. The van der Waals surface area contributed by atoms with Crippen molar-refractivity contribution >= 4 is 21.6 Å². The number of ether oxygens (including phenoxy) is 1. The van der Waals surface area contributed by atoms with Gasteiger partial charge in [0.05, 0.1) is 18.6 Å². The highest BCUT2D eigenvalue weighted by Gasteiger charge is 2.22. The molecule has 0 aliphatic rings. The molecule has 0 aliphatic heterocycles. The minimum Gasteiger partial charge on any atom is -0.491 e. The van der Waals surface area contributed by atoms with Gasteiger partial charge in [-0.15, -0.1) is 0 Å². The number of hydrogen-bond acceptors (Lipinski definition) is 4. The van der Waals surface area contributed by atoms with E-state index in [9.17, 15) is 13.2 Å². The van der Waals surface area contributed by atoms with Gasteiger partial charge in [0.2, 0.25) is 15.9 Å². The maximum Gasteiger partial charge on any atom is 0.229 e. The van der Waals surface area contributed by atoms with Crippen LogP contribution in [0, 0.1) is 0 Å². The summed E-state index contributed by atoms with van der Waals surface area (Å²) in [6.07, 6.45) is 1.80. The molecule has 0 bridgehead atoms. The van der Waals surface area contributed by atoms with Crippen LogP contribution in [0.5, 0.6) is 5.75 Å². The van der Waals surface area contributed by atoms with E-state index >= 15 is 0 Å². The standard InChI is InChI=1S/C15H24N2O4S/c1-15(2,3)11-7-5-8-12(17-22(4,19)20)14(11)21-10-6-9-13(16)18/h5,7-8,17H,6,9-10H2,1-4H3,(H2,16,18). The Balaban J connectivity index is 3.09. The zero-order valence-electron chi connectivity index (χ0n) is 13.5. The molecule has 0 fully saturated rings. The molecular formula is C15H24N2O4S. The lowest BCUT2D eigenvalue weighted by atomic mass is 9.86. The first-order valence-electron chi connectivity index (χ1n) is 7.03. The third-order valence-corrected chi connectivity index (χ3v) is 3.52. The Morgan fingerprint density at radius 2 is 1.95 bits per heavy atom. The van der Waals surface area contributed by atoms with Gasteiger partial charge in [0.25, 0.3) is 0 Å². The molecule has 0 aliphatic carbocycles. The topological polar surface area (TPSA) is 98.5 Å². The van der Waals surface area contributed by atoms with Gasteiger partial charge in [-0.1, -0.05) is 32.9 Å². The number of carbonyl (C=O) groups excluding carboxylic acids is 1. The van der Waals surface area contributed by atoms with E-state index in [1.165, 1.54) is 0 Å². The quantitative estimate of drug-likeness (QED) is 0.748. The number of amides is 1. The molecule has 0 heterocycles. The van der Waals surface area contributed by atoms with Crippen molar-refractivity contribution in [2.75, 3.05) is 17.6 Å². The van der Waals surface area contributed by atoms with Crippen molar-refractivity contribution < 1.29 is 17.9 Å². The molecule has 6 nitrogen and oxygen atoms in total. The molecule has 1 aromatic rings. The average molecular weight is 328 g/mol. The summed E-state index contributed by atoms with van der Waals surface area (Å²) in [5, 5.41) is 0. The third kappa shape index (κ3) is 5.93. The second-order valence-electron chi connectivity index (χ2n) is 6.22. The summed E-state index contributed by atoms with van der Waals surface area (Å²) in [5.74, 6) is 0.104. The van der Waals surface area contributed by atoms with Gasteiger partial charge in [0, 0.05) is 12.0 Å². The number of hydrogen-bond donors (Lipinski definition) is 2. The molecule has 1 aromatic carbocycles. The lowest BCUT2D eigenvalue weighted by Gasteiger charge is -2.25. The minimum absolute atomic E-state index is 0.214. The monoisotopic (exact) mass is 328 g/mol. The Labute approximate surface area is 132 Å². The smallest absolute Gasteiger partial charge is 0.229 e. The summed E-state index contributed by atoms with van der Waals surface area (Å²) in [6, 6.07) is 5.33. The van der Waals surface area contributed by atoms with Crippen molar-refractivity contribution in [3.63, 3.8) is 0 Å². The summed E-state index contributed by atoms with van der Waals surface area (Å²) in [4.78, 5) is 10.8. The van der Waals surface area contributed by atoms with Crippen LogP contribution in [0.3, 0.4) is 0 Å². The van der Waals surface area contributed by atoms with E-state index in [4.69, 9.17) is 10.5 Å². The number of nitrogens with one attached hydrogen (secondary N) is 1. The number of anilines is 1. The van der Waals surface area contributed by atoms with Crippen LogP contribution in [0.15, 0.2) is 18.2 Å². The number of para-hydroxylation sites is 1. The van der Waals surface area contributed by atoms with Gasteiger partial charge in [0.15, 0.2) is 0 Å². The van der Waals surface area contributed by atoms with Gasteiger partial charge >= 0.3 is 0 Å². The highest BCUT2D eigenvalue weighted by molar-refractivity contribution is 7.92. The Hall–Kier alpha value is -1.76. The zero-order chi connectivity index (χ0) is 17.0. The molecule has 7 heteroatoms. The number of nitrogens with two attached hydrogens (primary N) is 1. The number of carbonyl (C=O) groups is 1. The van der Waals surface area contributed by atoms with Crippen LogP contribution in [-0.2, 0) is 20.2 Å². The first-order valence-corrected chi connectivity index (χ1v) is 8.92. The normalized spacial score (nSPS) is 12.0. The van der Waals surface area contributed by atoms with Crippen LogP contribution in [0.4, 0.5) is 5.69 Å². The van der Waals surface area contributed by atoms with E-state index in [-0.39, 0.29) is 24.3 Å². The van der Waals surface area contributed by atoms with Crippen molar-refractivity contribution in [2.45, 2.75) is 39.0 Å². The van der Waals surface area contributed by atoms with Crippen molar-refractivity contribution in [3.05, 3.63) is 23.8 Å². The fourth-order valence-corrected chi connectivity index (χ4v) is 2.54. The van der Waals surface area contributed by atoms with Crippen LogP contribution >= 0.6 is 0 Å². The number of benzene rings is 1. The lowest BCUT2D eigenvalue weighted by Crippen LogP contribution is -2.18. The summed E-state index contributed by atoms with van der Waals surface area (Å²) < 4.78 is 31.2. The number of primary amides is 1. The van der Waals surface area contributed by atoms with E-state index < -0.39 is 10.0 Å². The Kier molecular flexibility index (Phi) is 5.82. The molecule has 124 valence electrons. The molecule has 0 saturated carbocycles. The predicted molar refractivity (Wildman–Crippen MR) is 87.5 cm³/mol. The SMILES string of the molecule is CC(C)(C)c1cccc(NS(C)(=O)=O)c1OCCCC(N)=O. The fraction of sp³-hybridized carbons (Fsp3) is 0.533. The molecule has 0 atom stereocenters. The van der Waals surface area contributed by atoms with E-state index in [0.29, 0.717) is 17.9 Å². The lowest BCUT2D eigenvalue weighted by molar-refractivity contribution is -0.118. The molecule has 0 aromatic heterocycles. The van der Waals surface area contributed by atoms with E-state index in [0.717, 1.165) is 11.8 Å². The molecule has 22 heavy (non-hydrogen) atoms. The van der Waals surface area contributed by atoms with Gasteiger partial charge in [-0.2, -0.15) is 0 Å². The molecule has 0 radical (unpaired) electrons. The first-order chi connectivity index (χ1) is 10.0. The van der Waals surface area contributed by atoms with Crippen molar-refractivity contribution in [1.29, 1.82) is 0 Å². The second-order valence-corrected chi connectivity index (χ2v) is 7.97. The van der Waals surface area contributed by atoms with Crippen LogP contribution in [0.25, 0.3) is 0 Å². The summed E-state index contributed by atoms with van der Waals surface area (Å²) in [5.41, 5.74) is 6.17. The van der Waals surface area contributed by atoms with Crippen LogP contribution < -0.4 is 15.2 Å². The molecular weight excluding hydrogens is 304 g/mol. The Bertz CT molecular complexity index is 633.